The van der Waals surface area contributed by atoms with Gasteiger partial charge >= 0.3 is 6.18 Å². The molecule has 3 aromatic heterocycles. The number of fused-ring (bicyclic) bond motifs is 2. The number of para-hydroxylation sites is 1. The van der Waals surface area contributed by atoms with Gasteiger partial charge in [0, 0.05) is 5.56 Å². The Hall–Kier alpha value is -3.35. The molecule has 0 radical (unpaired) electrons. The highest BCUT2D eigenvalue weighted by Gasteiger charge is 2.34. The smallest absolute Gasteiger partial charge is 0.383 e. The van der Waals surface area contributed by atoms with Crippen LogP contribution in [0.15, 0.2) is 48.8 Å². The molecular weight excluding hydrogens is 546 g/mol. The van der Waals surface area contributed by atoms with Crippen molar-refractivity contribution in [2.24, 2.45) is 0 Å². The van der Waals surface area contributed by atoms with Crippen LogP contribution in [0, 0.1) is 10.6 Å². The molecule has 0 fully saturated rings. The summed E-state index contributed by atoms with van der Waals surface area (Å²) < 4.78 is 43.7. The molecule has 0 aliphatic rings. The number of alkyl halides is 3. The maximum absolute atomic E-state index is 13.8. The van der Waals surface area contributed by atoms with Crippen molar-refractivity contribution < 1.29 is 13.2 Å². The van der Waals surface area contributed by atoms with Gasteiger partial charge in [0.05, 0.1) is 39.9 Å². The van der Waals surface area contributed by atoms with Crippen LogP contribution in [0.25, 0.3) is 33.3 Å². The number of benzene rings is 2. The van der Waals surface area contributed by atoms with Crippen molar-refractivity contribution in [1.82, 2.24) is 29.7 Å². The van der Waals surface area contributed by atoms with E-state index < -0.39 is 11.7 Å². The molecule has 2 aromatic carbocycles. The first kappa shape index (κ1) is 21.5. The molecule has 0 unspecified atom stereocenters. The zero-order chi connectivity index (χ0) is 23.3. The average molecular weight is 561 g/mol. The van der Waals surface area contributed by atoms with Crippen LogP contribution < -0.4 is 5.73 Å². The van der Waals surface area contributed by atoms with Crippen LogP contribution in [0.1, 0.15) is 16.8 Å². The third-order valence-corrected chi connectivity index (χ3v) is 6.03. The minimum Gasteiger partial charge on any atom is -0.383 e. The fraction of sp³-hybridized carbons (Fsp3) is 0.136. The minimum atomic E-state index is -4.55. The highest BCUT2D eigenvalue weighted by molar-refractivity contribution is 14.1. The maximum Gasteiger partial charge on any atom is 0.417 e. The van der Waals surface area contributed by atoms with Crippen LogP contribution in [0.5, 0.6) is 0 Å². The molecule has 0 saturated heterocycles. The van der Waals surface area contributed by atoms with Crippen molar-refractivity contribution in [3.8, 4) is 11.3 Å². The second kappa shape index (κ2) is 7.90. The van der Waals surface area contributed by atoms with Gasteiger partial charge < -0.3 is 5.73 Å². The molecule has 7 nitrogen and oxygen atoms in total. The van der Waals surface area contributed by atoms with Gasteiger partial charge in [-0.15, -0.1) is 0 Å². The van der Waals surface area contributed by atoms with Crippen LogP contribution in [-0.2, 0) is 12.7 Å². The van der Waals surface area contributed by atoms with Crippen molar-refractivity contribution in [3.05, 3.63) is 69.3 Å². The quantitative estimate of drug-likeness (QED) is 0.312. The molecular formula is C22H15F3IN7. The van der Waals surface area contributed by atoms with E-state index >= 15 is 0 Å². The van der Waals surface area contributed by atoms with Gasteiger partial charge in [-0.25, -0.2) is 24.6 Å². The first-order valence-corrected chi connectivity index (χ1v) is 10.9. The second-order valence-corrected chi connectivity index (χ2v) is 8.43. The topological polar surface area (TPSA) is 95.4 Å². The van der Waals surface area contributed by atoms with Crippen molar-refractivity contribution in [2.45, 2.75) is 19.6 Å². The van der Waals surface area contributed by atoms with E-state index in [1.165, 1.54) is 18.5 Å². The highest BCUT2D eigenvalue weighted by Crippen LogP contribution is 2.38. The lowest BCUT2D eigenvalue weighted by Crippen LogP contribution is -2.12. The number of halogens is 4. The Morgan fingerprint density at radius 2 is 1.82 bits per heavy atom. The number of nitrogens with two attached hydrogens (primary N) is 1. The molecule has 0 spiro atoms. The minimum absolute atomic E-state index is 0.0436. The SMILES string of the molecule is Cc1cccc2nc(Cn3nc(I)c4c(N)ncnc43)c(-c3ccccc3C(F)(F)F)nc12. The third kappa shape index (κ3) is 3.75. The molecule has 2 N–H and O–H groups in total. The zero-order valence-corrected chi connectivity index (χ0v) is 19.3. The van der Waals surface area contributed by atoms with Crippen molar-refractivity contribution in [1.29, 1.82) is 0 Å². The predicted molar refractivity (Wildman–Crippen MR) is 126 cm³/mol. The maximum atomic E-state index is 13.8. The Bertz CT molecular complexity index is 1530. The number of aryl methyl sites for hydroxylation is 1. The van der Waals surface area contributed by atoms with Gasteiger partial charge in [-0.3, -0.25) is 0 Å². The fourth-order valence-corrected chi connectivity index (χ4v) is 4.53. The molecule has 3 heterocycles. The molecule has 0 amide bonds. The van der Waals surface area contributed by atoms with Gasteiger partial charge in [0.25, 0.3) is 0 Å². The van der Waals surface area contributed by atoms with Crippen LogP contribution in [0.2, 0.25) is 0 Å². The molecule has 0 saturated carbocycles. The van der Waals surface area contributed by atoms with Crippen LogP contribution in [-0.4, -0.2) is 29.7 Å². The largest absolute Gasteiger partial charge is 0.417 e. The number of nitrogens with zero attached hydrogens (tertiary/aromatic N) is 6. The van der Waals surface area contributed by atoms with E-state index in [9.17, 15) is 13.2 Å². The molecule has 0 aliphatic carbocycles. The van der Waals surface area contributed by atoms with Crippen molar-refractivity contribution in [3.63, 3.8) is 0 Å². The summed E-state index contributed by atoms with van der Waals surface area (Å²) in [6, 6.07) is 10.8. The van der Waals surface area contributed by atoms with Gasteiger partial charge in [-0.05, 0) is 47.2 Å². The fourth-order valence-electron chi connectivity index (χ4n) is 3.76. The lowest BCUT2D eigenvalue weighted by molar-refractivity contribution is -0.137. The van der Waals surface area contributed by atoms with Gasteiger partial charge in [0.1, 0.15) is 15.8 Å². The second-order valence-electron chi connectivity index (χ2n) is 7.41. The van der Waals surface area contributed by atoms with E-state index in [0.29, 0.717) is 31.5 Å². The van der Waals surface area contributed by atoms with E-state index in [2.05, 4.69) is 20.1 Å². The van der Waals surface area contributed by atoms with E-state index in [1.807, 2.05) is 41.6 Å². The number of aromatic nitrogens is 6. The monoisotopic (exact) mass is 561 g/mol. The Labute approximate surface area is 199 Å². The Kier molecular flexibility index (Phi) is 5.15. The standard InChI is InChI=1S/C22H15F3IN7/c1-11-5-4-8-14-17(11)31-18(12-6-2-3-7-13(12)22(23,24)25)15(30-14)9-33-21-16(19(26)32-33)20(27)28-10-29-21/h2-8,10H,9H2,1H3,(H2,27,28,29). The van der Waals surface area contributed by atoms with Gasteiger partial charge in [0.2, 0.25) is 0 Å². The summed E-state index contributed by atoms with van der Waals surface area (Å²) in [4.78, 5) is 17.6. The Balaban J connectivity index is 1.78. The first-order valence-electron chi connectivity index (χ1n) is 9.79. The lowest BCUT2D eigenvalue weighted by atomic mass is 10.0. The van der Waals surface area contributed by atoms with Gasteiger partial charge in [-0.2, -0.15) is 18.3 Å². The lowest BCUT2D eigenvalue weighted by Gasteiger charge is -2.16. The van der Waals surface area contributed by atoms with E-state index in [-0.39, 0.29) is 23.6 Å². The third-order valence-electron chi connectivity index (χ3n) is 5.27. The summed E-state index contributed by atoms with van der Waals surface area (Å²) in [5.41, 5.74) is 8.05. The summed E-state index contributed by atoms with van der Waals surface area (Å²) in [7, 11) is 0. The van der Waals surface area contributed by atoms with Crippen LogP contribution in [0.4, 0.5) is 19.0 Å². The molecule has 5 rings (SSSR count). The number of nitrogen functional groups attached to an aromatic ring is 1. The summed E-state index contributed by atoms with van der Waals surface area (Å²) in [5, 5.41) is 5.06. The van der Waals surface area contributed by atoms with Crippen molar-refractivity contribution >= 4 is 50.5 Å². The molecule has 5 aromatic rings. The average Bonchev–Trinajstić information content (AvgIpc) is 3.09. The molecule has 11 heteroatoms. The molecule has 33 heavy (non-hydrogen) atoms. The van der Waals surface area contributed by atoms with Gasteiger partial charge in [-0.1, -0.05) is 30.3 Å². The summed E-state index contributed by atoms with van der Waals surface area (Å²) in [6.45, 7) is 1.90. The van der Waals surface area contributed by atoms with E-state index in [4.69, 9.17) is 10.7 Å². The summed E-state index contributed by atoms with van der Waals surface area (Å²) >= 11 is 2.03. The number of hydrogen-bond acceptors (Lipinski definition) is 6. The number of anilines is 1. The molecule has 166 valence electrons. The highest BCUT2D eigenvalue weighted by atomic mass is 127. The van der Waals surface area contributed by atoms with E-state index in [0.717, 1.165) is 11.6 Å². The Morgan fingerprint density at radius 3 is 2.61 bits per heavy atom. The molecule has 0 bridgehead atoms. The summed E-state index contributed by atoms with van der Waals surface area (Å²) in [6.07, 6.45) is -3.23. The van der Waals surface area contributed by atoms with Gasteiger partial charge in [0.15, 0.2) is 5.65 Å². The zero-order valence-electron chi connectivity index (χ0n) is 17.1. The predicted octanol–water partition coefficient (Wildman–Crippen LogP) is 5.00. The normalized spacial score (nSPS) is 12.0. The van der Waals surface area contributed by atoms with Crippen molar-refractivity contribution in [2.75, 3.05) is 5.73 Å². The number of rotatable bonds is 3. The molecule has 0 aliphatic heterocycles. The first-order chi connectivity index (χ1) is 15.7. The van der Waals surface area contributed by atoms with Crippen LogP contribution >= 0.6 is 22.6 Å². The Morgan fingerprint density at radius 1 is 1.03 bits per heavy atom. The number of hydrogen-bond donors (Lipinski definition) is 1. The molecule has 0 atom stereocenters. The van der Waals surface area contributed by atoms with E-state index in [1.54, 1.807) is 16.8 Å². The van der Waals surface area contributed by atoms with Crippen LogP contribution in [0.3, 0.4) is 0 Å². The summed E-state index contributed by atoms with van der Waals surface area (Å²) in [5.74, 6) is 0.276.